The van der Waals surface area contributed by atoms with Crippen LogP contribution in [0.1, 0.15) is 17.3 Å². The highest BCUT2D eigenvalue weighted by molar-refractivity contribution is 5.92. The first-order chi connectivity index (χ1) is 8.50. The number of fused-ring (bicyclic) bond motifs is 1. The number of hydrogen-bond donors (Lipinski definition) is 2. The van der Waals surface area contributed by atoms with E-state index in [9.17, 15) is 14.7 Å². The molecule has 1 heterocycles. The SMILES string of the molecule is CC(O)Cn1cc(C(=O)O)c(=O)c2ccccc21. The Kier molecular flexibility index (Phi) is 3.16. The molecule has 94 valence electrons. The molecule has 0 amide bonds. The van der Waals surface area contributed by atoms with Gasteiger partial charge < -0.3 is 14.8 Å². The second-order valence-electron chi connectivity index (χ2n) is 4.20. The highest BCUT2D eigenvalue weighted by atomic mass is 16.4. The zero-order valence-corrected chi connectivity index (χ0v) is 9.83. The van der Waals surface area contributed by atoms with Gasteiger partial charge in [-0.25, -0.2) is 4.79 Å². The minimum absolute atomic E-state index is 0.237. The molecule has 0 saturated heterocycles. The van der Waals surface area contributed by atoms with Gasteiger partial charge in [-0.3, -0.25) is 4.79 Å². The number of aromatic nitrogens is 1. The maximum atomic E-state index is 12.0. The lowest BCUT2D eigenvalue weighted by atomic mass is 10.1. The van der Waals surface area contributed by atoms with Gasteiger partial charge in [-0.1, -0.05) is 12.1 Å². The topological polar surface area (TPSA) is 79.5 Å². The Morgan fingerprint density at radius 2 is 2.06 bits per heavy atom. The summed E-state index contributed by atoms with van der Waals surface area (Å²) in [5.41, 5.74) is -0.164. The molecule has 0 aliphatic heterocycles. The van der Waals surface area contributed by atoms with Crippen molar-refractivity contribution < 1.29 is 15.0 Å². The number of aliphatic hydroxyl groups is 1. The first-order valence-electron chi connectivity index (χ1n) is 5.54. The average molecular weight is 247 g/mol. The molecule has 0 spiro atoms. The second-order valence-corrected chi connectivity index (χ2v) is 4.20. The van der Waals surface area contributed by atoms with Gasteiger partial charge in [0, 0.05) is 18.1 Å². The van der Waals surface area contributed by atoms with Crippen molar-refractivity contribution in [2.45, 2.75) is 19.6 Å². The highest BCUT2D eigenvalue weighted by Crippen LogP contribution is 2.12. The van der Waals surface area contributed by atoms with Gasteiger partial charge in [0.05, 0.1) is 11.6 Å². The predicted molar refractivity (Wildman–Crippen MR) is 66.8 cm³/mol. The van der Waals surface area contributed by atoms with Crippen molar-refractivity contribution in [2.24, 2.45) is 0 Å². The number of pyridine rings is 1. The fraction of sp³-hybridized carbons (Fsp3) is 0.231. The quantitative estimate of drug-likeness (QED) is 0.850. The Morgan fingerprint density at radius 1 is 1.39 bits per heavy atom. The molecule has 2 N–H and O–H groups in total. The Labute approximate surface area is 103 Å². The highest BCUT2D eigenvalue weighted by Gasteiger charge is 2.14. The molecule has 0 bridgehead atoms. The summed E-state index contributed by atoms with van der Waals surface area (Å²) in [5.74, 6) is -1.26. The molecule has 18 heavy (non-hydrogen) atoms. The third-order valence-electron chi connectivity index (χ3n) is 2.68. The van der Waals surface area contributed by atoms with Crippen molar-refractivity contribution in [3.05, 3.63) is 46.2 Å². The number of carboxylic acids is 1. The lowest BCUT2D eigenvalue weighted by Gasteiger charge is -2.13. The largest absolute Gasteiger partial charge is 0.477 e. The molecule has 1 aromatic heterocycles. The predicted octanol–water partition coefficient (Wildman–Crippen LogP) is 1.08. The molecule has 1 unspecified atom stereocenters. The van der Waals surface area contributed by atoms with Crippen LogP contribution in [0.2, 0.25) is 0 Å². The van der Waals surface area contributed by atoms with E-state index in [1.165, 1.54) is 6.20 Å². The summed E-state index contributed by atoms with van der Waals surface area (Å²) in [6, 6.07) is 6.76. The minimum atomic E-state index is -1.26. The molecule has 2 aromatic rings. The van der Waals surface area contributed by atoms with Gasteiger partial charge >= 0.3 is 5.97 Å². The van der Waals surface area contributed by atoms with E-state index in [0.717, 1.165) is 0 Å². The fourth-order valence-electron chi connectivity index (χ4n) is 1.93. The van der Waals surface area contributed by atoms with Crippen LogP contribution in [0, 0.1) is 0 Å². The molecule has 5 heteroatoms. The molecule has 0 saturated carbocycles. The number of nitrogens with zero attached hydrogens (tertiary/aromatic N) is 1. The van der Waals surface area contributed by atoms with E-state index in [-0.39, 0.29) is 12.1 Å². The molecule has 0 aliphatic rings. The monoisotopic (exact) mass is 247 g/mol. The summed E-state index contributed by atoms with van der Waals surface area (Å²) in [7, 11) is 0. The Hall–Kier alpha value is -2.14. The first kappa shape index (κ1) is 12.3. The van der Waals surface area contributed by atoms with Gasteiger partial charge in [0.15, 0.2) is 0 Å². The third kappa shape index (κ3) is 2.12. The maximum Gasteiger partial charge on any atom is 0.341 e. The standard InChI is InChI=1S/C13H13NO4/c1-8(15)6-14-7-10(13(17)18)12(16)9-4-2-3-5-11(9)14/h2-5,7-8,15H,6H2,1H3,(H,17,18). The Bertz CT molecular complexity index is 658. The van der Waals surface area contributed by atoms with Crippen molar-refractivity contribution >= 4 is 16.9 Å². The maximum absolute atomic E-state index is 12.0. The Balaban J connectivity index is 2.80. The number of aromatic carboxylic acids is 1. The molecule has 0 radical (unpaired) electrons. The first-order valence-corrected chi connectivity index (χ1v) is 5.54. The third-order valence-corrected chi connectivity index (χ3v) is 2.68. The van der Waals surface area contributed by atoms with Crippen molar-refractivity contribution in [2.75, 3.05) is 0 Å². The smallest absolute Gasteiger partial charge is 0.341 e. The van der Waals surface area contributed by atoms with E-state index in [2.05, 4.69) is 0 Å². The second kappa shape index (κ2) is 4.62. The van der Waals surface area contributed by atoms with Crippen molar-refractivity contribution in [3.8, 4) is 0 Å². The minimum Gasteiger partial charge on any atom is -0.477 e. The molecule has 0 fully saturated rings. The van der Waals surface area contributed by atoms with Crippen LogP contribution in [0.25, 0.3) is 10.9 Å². The average Bonchev–Trinajstić information content (AvgIpc) is 2.32. The zero-order valence-electron chi connectivity index (χ0n) is 9.83. The van der Waals surface area contributed by atoms with E-state index in [0.29, 0.717) is 10.9 Å². The molecule has 2 rings (SSSR count). The normalized spacial score (nSPS) is 12.6. The van der Waals surface area contributed by atoms with Crippen molar-refractivity contribution in [1.82, 2.24) is 4.57 Å². The van der Waals surface area contributed by atoms with E-state index < -0.39 is 17.5 Å². The van der Waals surface area contributed by atoms with Crippen molar-refractivity contribution in [3.63, 3.8) is 0 Å². The molecule has 1 atom stereocenters. The zero-order chi connectivity index (χ0) is 13.3. The fourth-order valence-corrected chi connectivity index (χ4v) is 1.93. The van der Waals surface area contributed by atoms with Crippen LogP contribution < -0.4 is 5.43 Å². The number of hydrogen-bond acceptors (Lipinski definition) is 3. The van der Waals surface area contributed by atoms with Gasteiger partial charge in [-0.2, -0.15) is 0 Å². The van der Waals surface area contributed by atoms with E-state index >= 15 is 0 Å². The molecular formula is C13H13NO4. The number of carbonyl (C=O) groups is 1. The number of carboxylic acid groups (broad SMARTS) is 1. The van der Waals surface area contributed by atoms with Crippen LogP contribution in [0.5, 0.6) is 0 Å². The van der Waals surface area contributed by atoms with Crippen LogP contribution in [-0.4, -0.2) is 26.9 Å². The van der Waals surface area contributed by atoms with Gasteiger partial charge in [0.25, 0.3) is 0 Å². The molecular weight excluding hydrogens is 234 g/mol. The van der Waals surface area contributed by atoms with Gasteiger partial charge in [0.2, 0.25) is 5.43 Å². The van der Waals surface area contributed by atoms with Gasteiger partial charge in [-0.15, -0.1) is 0 Å². The van der Waals surface area contributed by atoms with Crippen LogP contribution >= 0.6 is 0 Å². The molecule has 1 aromatic carbocycles. The molecule has 0 aliphatic carbocycles. The summed E-state index contributed by atoms with van der Waals surface area (Å²) in [4.78, 5) is 23.0. The van der Waals surface area contributed by atoms with E-state index in [1.54, 1.807) is 35.8 Å². The summed E-state index contributed by atoms with van der Waals surface area (Å²) < 4.78 is 1.59. The van der Waals surface area contributed by atoms with Crippen LogP contribution in [0.4, 0.5) is 0 Å². The summed E-state index contributed by atoms with van der Waals surface area (Å²) in [6.07, 6.45) is 0.650. The summed E-state index contributed by atoms with van der Waals surface area (Å²) in [5, 5.41) is 18.8. The number of rotatable bonds is 3. The Morgan fingerprint density at radius 3 is 2.67 bits per heavy atom. The number of aliphatic hydroxyl groups excluding tert-OH is 1. The summed E-state index contributed by atoms with van der Waals surface area (Å²) >= 11 is 0. The van der Waals surface area contributed by atoms with Crippen molar-refractivity contribution in [1.29, 1.82) is 0 Å². The van der Waals surface area contributed by atoms with E-state index in [4.69, 9.17) is 5.11 Å². The van der Waals surface area contributed by atoms with Gasteiger partial charge in [-0.05, 0) is 19.1 Å². The molecule has 5 nitrogen and oxygen atoms in total. The summed E-state index contributed by atoms with van der Waals surface area (Å²) in [6.45, 7) is 1.84. The lowest BCUT2D eigenvalue weighted by Crippen LogP contribution is -2.21. The van der Waals surface area contributed by atoms with E-state index in [1.807, 2.05) is 0 Å². The number of benzene rings is 1. The van der Waals surface area contributed by atoms with Gasteiger partial charge in [0.1, 0.15) is 5.56 Å². The lowest BCUT2D eigenvalue weighted by molar-refractivity contribution is 0.0694. The number of para-hydroxylation sites is 1. The van der Waals surface area contributed by atoms with Crippen LogP contribution in [0.15, 0.2) is 35.3 Å². The van der Waals surface area contributed by atoms with Crippen LogP contribution in [-0.2, 0) is 6.54 Å². The van der Waals surface area contributed by atoms with Crippen LogP contribution in [0.3, 0.4) is 0 Å².